The third kappa shape index (κ3) is 4.11. The number of phenolic OH excluding ortho intramolecular Hbond substituents is 2. The first-order valence-corrected chi connectivity index (χ1v) is 9.48. The van der Waals surface area contributed by atoms with E-state index in [0.717, 1.165) is 10.8 Å². The van der Waals surface area contributed by atoms with Gasteiger partial charge in [-0.25, -0.2) is 4.79 Å². The van der Waals surface area contributed by atoms with Crippen LogP contribution in [0.5, 0.6) is 11.5 Å². The highest BCUT2D eigenvalue weighted by Gasteiger charge is 2.12. The number of rotatable bonds is 3. The number of hydrogen-bond acceptors (Lipinski definition) is 6. The molecule has 0 unspecified atom stereocenters. The number of carbonyl (C=O) groups is 1. The van der Waals surface area contributed by atoms with Crippen molar-refractivity contribution in [3.8, 4) is 11.5 Å². The zero-order valence-electron chi connectivity index (χ0n) is 16.2. The van der Waals surface area contributed by atoms with Crippen LogP contribution in [0.1, 0.15) is 22.3 Å². The molecule has 2 aromatic heterocycles. The molecule has 0 saturated heterocycles. The molecule has 0 aliphatic heterocycles. The van der Waals surface area contributed by atoms with Crippen LogP contribution in [0.2, 0.25) is 0 Å². The van der Waals surface area contributed by atoms with Crippen molar-refractivity contribution >= 4 is 39.5 Å². The fourth-order valence-corrected chi connectivity index (χ4v) is 3.33. The van der Waals surface area contributed by atoms with Gasteiger partial charge < -0.3 is 24.2 Å². The predicted molar refractivity (Wildman–Crippen MR) is 112 cm³/mol. The van der Waals surface area contributed by atoms with Gasteiger partial charge in [-0.3, -0.25) is 4.79 Å². The zero-order valence-corrected chi connectivity index (χ0v) is 17.0. The van der Waals surface area contributed by atoms with Crippen LogP contribution < -0.4 is 5.63 Å². The number of aromatic hydroxyl groups is 2. The van der Waals surface area contributed by atoms with Gasteiger partial charge in [0.1, 0.15) is 22.7 Å². The van der Waals surface area contributed by atoms with Gasteiger partial charge in [0.2, 0.25) is 0 Å². The second-order valence-corrected chi connectivity index (χ2v) is 7.00. The Morgan fingerprint density at radius 1 is 0.967 bits per heavy atom. The molecule has 4 aromatic rings. The number of halogens is 1. The molecule has 7 nitrogen and oxygen atoms in total. The molecule has 2 heterocycles. The molecule has 0 saturated carbocycles. The molecular formula is C22H19ClO7. The number of benzene rings is 2. The van der Waals surface area contributed by atoms with E-state index in [0.29, 0.717) is 33.4 Å². The van der Waals surface area contributed by atoms with E-state index in [1.807, 2.05) is 0 Å². The minimum absolute atomic E-state index is 0.0722. The number of aryl methyl sites for hydroxylation is 2. The van der Waals surface area contributed by atoms with Crippen molar-refractivity contribution in [2.75, 3.05) is 0 Å². The second kappa shape index (κ2) is 8.51. The summed E-state index contributed by atoms with van der Waals surface area (Å²) in [7, 11) is 0. The predicted octanol–water partition coefficient (Wildman–Crippen LogP) is 4.62. The summed E-state index contributed by atoms with van der Waals surface area (Å²) in [4.78, 5) is 21.8. The molecule has 4 rings (SSSR count). The largest absolute Gasteiger partial charge is 0.508 e. The Morgan fingerprint density at radius 2 is 1.53 bits per heavy atom. The average molecular weight is 431 g/mol. The molecule has 30 heavy (non-hydrogen) atoms. The number of carboxylic acids is 1. The van der Waals surface area contributed by atoms with E-state index < -0.39 is 11.6 Å². The molecule has 0 radical (unpaired) electrons. The van der Waals surface area contributed by atoms with E-state index in [4.69, 9.17) is 25.5 Å². The van der Waals surface area contributed by atoms with E-state index in [-0.39, 0.29) is 23.8 Å². The number of hydrogen-bond donors (Lipinski definition) is 3. The highest BCUT2D eigenvalue weighted by molar-refractivity contribution is 6.18. The maximum Gasteiger partial charge on any atom is 0.336 e. The summed E-state index contributed by atoms with van der Waals surface area (Å²) in [6, 6.07) is 7.83. The van der Waals surface area contributed by atoms with Gasteiger partial charge in [-0.05, 0) is 43.7 Å². The Kier molecular flexibility index (Phi) is 6.03. The van der Waals surface area contributed by atoms with Gasteiger partial charge in [-0.15, -0.1) is 11.6 Å². The summed E-state index contributed by atoms with van der Waals surface area (Å²) in [6.45, 7) is 3.42. The normalized spacial score (nSPS) is 10.8. The lowest BCUT2D eigenvalue weighted by atomic mass is 10.1. The molecule has 0 amide bonds. The van der Waals surface area contributed by atoms with E-state index in [2.05, 4.69) is 0 Å². The zero-order chi connectivity index (χ0) is 22.0. The summed E-state index contributed by atoms with van der Waals surface area (Å²) in [5, 5.41) is 29.1. The molecule has 0 atom stereocenters. The van der Waals surface area contributed by atoms with Crippen LogP contribution in [0, 0.1) is 13.8 Å². The molecule has 0 bridgehead atoms. The van der Waals surface area contributed by atoms with Gasteiger partial charge in [-0.1, -0.05) is 0 Å². The number of furan rings is 1. The van der Waals surface area contributed by atoms with E-state index in [1.54, 1.807) is 38.1 Å². The van der Waals surface area contributed by atoms with Crippen molar-refractivity contribution in [1.82, 2.24) is 0 Å². The second-order valence-electron chi connectivity index (χ2n) is 6.73. The van der Waals surface area contributed by atoms with Crippen LogP contribution in [-0.2, 0) is 17.1 Å². The van der Waals surface area contributed by atoms with Crippen molar-refractivity contribution in [2.24, 2.45) is 0 Å². The third-order valence-electron chi connectivity index (χ3n) is 4.75. The lowest BCUT2D eigenvalue weighted by molar-refractivity contribution is -0.136. The Balaban J connectivity index is 0.000000171. The number of fused-ring (bicyclic) bond motifs is 2. The average Bonchev–Trinajstić information content (AvgIpc) is 3.10. The van der Waals surface area contributed by atoms with Crippen molar-refractivity contribution in [3.63, 3.8) is 0 Å². The van der Waals surface area contributed by atoms with Gasteiger partial charge in [0, 0.05) is 39.4 Å². The van der Waals surface area contributed by atoms with Crippen molar-refractivity contribution in [3.05, 3.63) is 69.3 Å². The Bertz CT molecular complexity index is 1300. The van der Waals surface area contributed by atoms with E-state index in [1.165, 1.54) is 12.3 Å². The number of phenols is 2. The standard InChI is InChI=1S/C11H9ClO3.C11H10O4/c1-6-9(13)3-2-8-7(5-12)4-10(14)15-11(6)8;1-6-9(12)3-2-8-7(4-10(13)14)5-15-11(6)8/h2-4,13H,5H2,1H3;2-3,5,12H,4H2,1H3,(H,13,14). The minimum Gasteiger partial charge on any atom is -0.508 e. The fourth-order valence-electron chi connectivity index (χ4n) is 3.11. The van der Waals surface area contributed by atoms with Crippen LogP contribution in [0.4, 0.5) is 0 Å². The summed E-state index contributed by atoms with van der Waals surface area (Å²) in [5.74, 6) is -0.397. The third-order valence-corrected chi connectivity index (χ3v) is 5.03. The number of aliphatic carboxylic acids is 1. The maximum absolute atomic E-state index is 11.2. The first-order chi connectivity index (χ1) is 14.2. The smallest absolute Gasteiger partial charge is 0.336 e. The highest BCUT2D eigenvalue weighted by atomic mass is 35.5. The summed E-state index contributed by atoms with van der Waals surface area (Å²) < 4.78 is 10.3. The highest BCUT2D eigenvalue weighted by Crippen LogP contribution is 2.30. The topological polar surface area (TPSA) is 121 Å². The molecule has 156 valence electrons. The lowest BCUT2D eigenvalue weighted by Gasteiger charge is -2.05. The Morgan fingerprint density at radius 3 is 2.10 bits per heavy atom. The molecule has 0 aliphatic carbocycles. The molecule has 0 aliphatic rings. The van der Waals surface area contributed by atoms with Crippen LogP contribution >= 0.6 is 11.6 Å². The molecular weight excluding hydrogens is 412 g/mol. The van der Waals surface area contributed by atoms with Gasteiger partial charge >= 0.3 is 11.6 Å². The van der Waals surface area contributed by atoms with Crippen molar-refractivity contribution in [2.45, 2.75) is 26.1 Å². The molecule has 0 fully saturated rings. The first kappa shape index (κ1) is 21.3. The SMILES string of the molecule is Cc1c(O)ccc2c(CC(=O)O)coc12.Cc1c(O)ccc2c(CCl)cc(=O)oc12. The quantitative estimate of drug-likeness (QED) is 0.320. The molecule has 0 spiro atoms. The monoisotopic (exact) mass is 430 g/mol. The minimum atomic E-state index is -0.900. The van der Waals surface area contributed by atoms with Gasteiger partial charge in [0.05, 0.1) is 12.7 Å². The van der Waals surface area contributed by atoms with Crippen LogP contribution in [-0.4, -0.2) is 21.3 Å². The van der Waals surface area contributed by atoms with E-state index >= 15 is 0 Å². The summed E-state index contributed by atoms with van der Waals surface area (Å²) in [6.07, 6.45) is 1.35. The number of alkyl halides is 1. The first-order valence-electron chi connectivity index (χ1n) is 8.94. The van der Waals surface area contributed by atoms with Gasteiger partial charge in [-0.2, -0.15) is 0 Å². The molecule has 3 N–H and O–H groups in total. The Labute approximate surface area is 175 Å². The van der Waals surface area contributed by atoms with Crippen molar-refractivity contribution in [1.29, 1.82) is 0 Å². The maximum atomic E-state index is 11.2. The van der Waals surface area contributed by atoms with E-state index in [9.17, 15) is 19.8 Å². The van der Waals surface area contributed by atoms with Gasteiger partial charge in [0.15, 0.2) is 0 Å². The van der Waals surface area contributed by atoms with Crippen molar-refractivity contribution < 1.29 is 28.9 Å². The Hall–Kier alpha value is -3.45. The fraction of sp³-hybridized carbons (Fsp3) is 0.182. The summed E-state index contributed by atoms with van der Waals surface area (Å²) in [5.41, 5.74) is 3.02. The summed E-state index contributed by atoms with van der Waals surface area (Å²) >= 11 is 5.73. The lowest BCUT2D eigenvalue weighted by Crippen LogP contribution is -2.00. The van der Waals surface area contributed by atoms with Gasteiger partial charge in [0.25, 0.3) is 0 Å². The number of carboxylic acid groups (broad SMARTS) is 1. The van der Waals surface area contributed by atoms with Crippen LogP contribution in [0.25, 0.3) is 21.9 Å². The van der Waals surface area contributed by atoms with Crippen LogP contribution in [0.15, 0.2) is 50.2 Å². The molecule has 2 aromatic carbocycles. The molecule has 8 heteroatoms. The van der Waals surface area contributed by atoms with Crippen LogP contribution in [0.3, 0.4) is 0 Å².